The maximum atomic E-state index is 12.2. The van der Waals surface area contributed by atoms with Crippen molar-refractivity contribution >= 4 is 17.5 Å². The first-order valence-corrected chi connectivity index (χ1v) is 8.80. The monoisotopic (exact) mass is 339 g/mol. The van der Waals surface area contributed by atoms with Crippen LogP contribution in [0.2, 0.25) is 0 Å². The van der Waals surface area contributed by atoms with Crippen LogP contribution in [0.3, 0.4) is 0 Å². The SMILES string of the molecule is CCN1CCN(c2ccc(NC(=O)Cc3cccc(C)c3)nn2)CC1. The molecular formula is C19H25N5O. The number of carbonyl (C=O) groups excluding carboxylic acids is 1. The summed E-state index contributed by atoms with van der Waals surface area (Å²) < 4.78 is 0. The molecule has 1 amide bonds. The Morgan fingerprint density at radius 1 is 1.12 bits per heavy atom. The number of rotatable bonds is 5. The maximum Gasteiger partial charge on any atom is 0.229 e. The van der Waals surface area contributed by atoms with E-state index in [9.17, 15) is 4.79 Å². The van der Waals surface area contributed by atoms with Gasteiger partial charge in [0.15, 0.2) is 11.6 Å². The van der Waals surface area contributed by atoms with E-state index in [1.807, 2.05) is 43.3 Å². The van der Waals surface area contributed by atoms with Gasteiger partial charge in [0.05, 0.1) is 6.42 Å². The van der Waals surface area contributed by atoms with Gasteiger partial charge in [0.1, 0.15) is 0 Å². The van der Waals surface area contributed by atoms with Crippen LogP contribution in [0.4, 0.5) is 11.6 Å². The van der Waals surface area contributed by atoms with E-state index in [0.29, 0.717) is 12.2 Å². The van der Waals surface area contributed by atoms with Crippen molar-refractivity contribution in [2.75, 3.05) is 42.9 Å². The fourth-order valence-corrected chi connectivity index (χ4v) is 3.05. The minimum Gasteiger partial charge on any atom is -0.353 e. The highest BCUT2D eigenvalue weighted by Gasteiger charge is 2.17. The first-order chi connectivity index (χ1) is 12.1. The summed E-state index contributed by atoms with van der Waals surface area (Å²) in [5, 5.41) is 11.2. The van der Waals surface area contributed by atoms with Crippen LogP contribution < -0.4 is 10.2 Å². The second-order valence-corrected chi connectivity index (χ2v) is 6.41. The molecule has 0 bridgehead atoms. The number of amides is 1. The van der Waals surface area contributed by atoms with Gasteiger partial charge in [0, 0.05) is 26.2 Å². The number of nitrogens with one attached hydrogen (secondary N) is 1. The van der Waals surface area contributed by atoms with Crippen molar-refractivity contribution in [3.8, 4) is 0 Å². The van der Waals surface area contributed by atoms with Crippen LogP contribution in [0.5, 0.6) is 0 Å². The second-order valence-electron chi connectivity index (χ2n) is 6.41. The van der Waals surface area contributed by atoms with Gasteiger partial charge in [-0.3, -0.25) is 4.79 Å². The van der Waals surface area contributed by atoms with E-state index in [1.54, 1.807) is 0 Å². The van der Waals surface area contributed by atoms with Crippen LogP contribution in [0.1, 0.15) is 18.1 Å². The second kappa shape index (κ2) is 8.07. The fraction of sp³-hybridized carbons (Fsp3) is 0.421. The zero-order chi connectivity index (χ0) is 17.6. The topological polar surface area (TPSA) is 61.4 Å². The van der Waals surface area contributed by atoms with E-state index in [0.717, 1.165) is 49.7 Å². The van der Waals surface area contributed by atoms with Crippen LogP contribution in [0, 0.1) is 6.92 Å². The van der Waals surface area contributed by atoms with Crippen LogP contribution in [0.25, 0.3) is 0 Å². The van der Waals surface area contributed by atoms with E-state index in [2.05, 4.69) is 32.2 Å². The number of carbonyl (C=O) groups is 1. The van der Waals surface area contributed by atoms with Gasteiger partial charge in [-0.15, -0.1) is 10.2 Å². The number of likely N-dealkylation sites (N-methyl/N-ethyl adjacent to an activating group) is 1. The highest BCUT2D eigenvalue weighted by atomic mass is 16.1. The summed E-state index contributed by atoms with van der Waals surface area (Å²) in [5.74, 6) is 1.28. The molecule has 2 aromatic rings. The Labute approximate surface area is 148 Å². The molecule has 0 saturated carbocycles. The Morgan fingerprint density at radius 2 is 1.92 bits per heavy atom. The third-order valence-electron chi connectivity index (χ3n) is 4.51. The van der Waals surface area contributed by atoms with Gasteiger partial charge < -0.3 is 15.1 Å². The number of aromatic nitrogens is 2. The van der Waals surface area contributed by atoms with Gasteiger partial charge in [-0.1, -0.05) is 36.8 Å². The van der Waals surface area contributed by atoms with Crippen LogP contribution in [0.15, 0.2) is 36.4 Å². The molecule has 1 aromatic carbocycles. The largest absolute Gasteiger partial charge is 0.353 e. The van der Waals surface area contributed by atoms with Crippen molar-refractivity contribution in [3.05, 3.63) is 47.5 Å². The van der Waals surface area contributed by atoms with Gasteiger partial charge >= 0.3 is 0 Å². The predicted molar refractivity (Wildman–Crippen MR) is 99.9 cm³/mol. The lowest BCUT2D eigenvalue weighted by Gasteiger charge is -2.34. The molecule has 1 aliphatic rings. The Kier molecular flexibility index (Phi) is 5.60. The van der Waals surface area contributed by atoms with E-state index >= 15 is 0 Å². The van der Waals surface area contributed by atoms with Gasteiger partial charge in [0.2, 0.25) is 5.91 Å². The quantitative estimate of drug-likeness (QED) is 0.904. The third kappa shape index (κ3) is 4.76. The van der Waals surface area contributed by atoms with Crippen LogP contribution in [-0.2, 0) is 11.2 Å². The third-order valence-corrected chi connectivity index (χ3v) is 4.51. The molecule has 0 aliphatic carbocycles. The molecule has 25 heavy (non-hydrogen) atoms. The van der Waals surface area contributed by atoms with Crippen LogP contribution in [-0.4, -0.2) is 53.7 Å². The van der Waals surface area contributed by atoms with E-state index in [1.165, 1.54) is 0 Å². The smallest absolute Gasteiger partial charge is 0.229 e. The summed E-state index contributed by atoms with van der Waals surface area (Å²) in [5.41, 5.74) is 2.15. The molecule has 132 valence electrons. The molecule has 1 saturated heterocycles. The van der Waals surface area contributed by atoms with Gasteiger partial charge in [-0.25, -0.2) is 0 Å². The zero-order valence-electron chi connectivity index (χ0n) is 14.9. The maximum absolute atomic E-state index is 12.2. The number of aryl methyl sites for hydroxylation is 1. The highest BCUT2D eigenvalue weighted by molar-refractivity contribution is 5.91. The minimum atomic E-state index is -0.0794. The summed E-state index contributed by atoms with van der Waals surface area (Å²) in [7, 11) is 0. The Hall–Kier alpha value is -2.47. The van der Waals surface area contributed by atoms with Crippen LogP contribution >= 0.6 is 0 Å². The summed E-state index contributed by atoms with van der Waals surface area (Å²) >= 11 is 0. The summed E-state index contributed by atoms with van der Waals surface area (Å²) in [6.45, 7) is 9.31. The van der Waals surface area contributed by atoms with Crippen molar-refractivity contribution in [2.45, 2.75) is 20.3 Å². The number of piperazine rings is 1. The van der Waals surface area contributed by atoms with Gasteiger partial charge in [-0.2, -0.15) is 0 Å². The molecule has 1 fully saturated rings. The van der Waals surface area contributed by atoms with Crippen molar-refractivity contribution < 1.29 is 4.79 Å². The number of nitrogens with zero attached hydrogens (tertiary/aromatic N) is 4. The molecular weight excluding hydrogens is 314 g/mol. The Morgan fingerprint density at radius 3 is 2.56 bits per heavy atom. The number of hydrogen-bond donors (Lipinski definition) is 1. The molecule has 6 nitrogen and oxygen atoms in total. The molecule has 0 atom stereocenters. The molecule has 0 radical (unpaired) electrons. The summed E-state index contributed by atoms with van der Waals surface area (Å²) in [4.78, 5) is 16.8. The first kappa shape index (κ1) is 17.4. The number of benzene rings is 1. The molecule has 0 unspecified atom stereocenters. The zero-order valence-corrected chi connectivity index (χ0v) is 14.9. The normalized spacial score (nSPS) is 15.2. The summed E-state index contributed by atoms with van der Waals surface area (Å²) in [6.07, 6.45) is 0.337. The van der Waals surface area contributed by atoms with Crippen molar-refractivity contribution in [1.29, 1.82) is 0 Å². The summed E-state index contributed by atoms with van der Waals surface area (Å²) in [6, 6.07) is 11.7. The average molecular weight is 339 g/mol. The van der Waals surface area contributed by atoms with Crippen molar-refractivity contribution in [3.63, 3.8) is 0 Å². The molecule has 1 aromatic heterocycles. The highest BCUT2D eigenvalue weighted by Crippen LogP contribution is 2.14. The lowest BCUT2D eigenvalue weighted by molar-refractivity contribution is -0.115. The minimum absolute atomic E-state index is 0.0794. The Balaban J connectivity index is 1.54. The fourth-order valence-electron chi connectivity index (χ4n) is 3.05. The molecule has 1 aliphatic heterocycles. The number of anilines is 2. The molecule has 2 heterocycles. The van der Waals surface area contributed by atoms with E-state index in [4.69, 9.17) is 0 Å². The Bertz CT molecular complexity index is 708. The molecule has 3 rings (SSSR count). The average Bonchev–Trinajstić information content (AvgIpc) is 2.62. The molecule has 1 N–H and O–H groups in total. The predicted octanol–water partition coefficient (Wildman–Crippen LogP) is 2.11. The lowest BCUT2D eigenvalue weighted by atomic mass is 10.1. The van der Waals surface area contributed by atoms with Gasteiger partial charge in [0.25, 0.3) is 0 Å². The standard InChI is InChI=1S/C19H25N5O/c1-3-23-9-11-24(12-10-23)18-8-7-17(21-22-18)20-19(25)14-16-6-4-5-15(2)13-16/h4-8,13H,3,9-12,14H2,1-2H3,(H,20,21,25). The number of hydrogen-bond acceptors (Lipinski definition) is 5. The lowest BCUT2D eigenvalue weighted by Crippen LogP contribution is -2.46. The van der Waals surface area contributed by atoms with Crippen molar-refractivity contribution in [1.82, 2.24) is 15.1 Å². The first-order valence-electron chi connectivity index (χ1n) is 8.80. The van der Waals surface area contributed by atoms with Crippen molar-refractivity contribution in [2.24, 2.45) is 0 Å². The van der Waals surface area contributed by atoms with Gasteiger partial charge in [-0.05, 0) is 31.2 Å². The van der Waals surface area contributed by atoms with E-state index < -0.39 is 0 Å². The molecule has 0 spiro atoms. The van der Waals surface area contributed by atoms with E-state index in [-0.39, 0.29) is 5.91 Å². The molecule has 6 heteroatoms.